The molecule has 0 aromatic carbocycles. The monoisotopic (exact) mass is 448 g/mol. The number of hydrogen-bond acceptors (Lipinski definition) is 8. The average molecular weight is 449 g/mol. The molecule has 1 unspecified atom stereocenters. The topological polar surface area (TPSA) is 110 Å². The van der Waals surface area contributed by atoms with Crippen molar-refractivity contribution in [3.8, 4) is 0 Å². The second kappa shape index (κ2) is 9.22. The number of amides is 2. The number of rotatable bonds is 7. The largest absolute Gasteiger partial charge is 0.465 e. The predicted octanol–water partition coefficient (Wildman–Crippen LogP) is 3.50. The third-order valence-corrected chi connectivity index (χ3v) is 7.24. The van der Waals surface area contributed by atoms with Gasteiger partial charge in [-0.15, -0.1) is 22.7 Å². The molecule has 10 heteroatoms. The van der Waals surface area contributed by atoms with Crippen LogP contribution >= 0.6 is 22.7 Å². The molecule has 2 N–H and O–H groups in total. The van der Waals surface area contributed by atoms with Crippen LogP contribution in [-0.4, -0.2) is 34.4 Å². The van der Waals surface area contributed by atoms with Crippen LogP contribution in [0.15, 0.2) is 5.38 Å². The minimum Gasteiger partial charge on any atom is -0.465 e. The van der Waals surface area contributed by atoms with Crippen molar-refractivity contribution in [1.29, 1.82) is 0 Å². The molecule has 0 saturated heterocycles. The van der Waals surface area contributed by atoms with Crippen molar-refractivity contribution < 1.29 is 19.1 Å². The first-order valence-electron chi connectivity index (χ1n) is 10.2. The molecule has 1 saturated carbocycles. The van der Waals surface area contributed by atoms with Crippen LogP contribution in [0.1, 0.15) is 61.2 Å². The summed E-state index contributed by atoms with van der Waals surface area (Å²) in [5.74, 6) is -0.730. The number of fused-ring (bicyclic) bond motifs is 1. The molecule has 0 spiro atoms. The number of ether oxygens (including phenoxy) is 1. The van der Waals surface area contributed by atoms with Crippen LogP contribution in [0.3, 0.4) is 0 Å². The van der Waals surface area contributed by atoms with Crippen molar-refractivity contribution in [1.82, 2.24) is 9.97 Å². The lowest BCUT2D eigenvalue weighted by Gasteiger charge is -2.08. The van der Waals surface area contributed by atoms with Crippen LogP contribution in [-0.2, 0) is 32.0 Å². The van der Waals surface area contributed by atoms with Crippen LogP contribution in [0.4, 0.5) is 10.3 Å². The Balaban J connectivity index is 1.31. The molecule has 8 nitrogen and oxygen atoms in total. The van der Waals surface area contributed by atoms with E-state index >= 15 is 0 Å². The molecule has 0 aliphatic heterocycles. The van der Waals surface area contributed by atoms with E-state index in [2.05, 4.69) is 20.6 Å². The van der Waals surface area contributed by atoms with Crippen molar-refractivity contribution in [3.63, 3.8) is 0 Å². The van der Waals surface area contributed by atoms with E-state index in [-0.39, 0.29) is 36.0 Å². The van der Waals surface area contributed by atoms with E-state index in [9.17, 15) is 14.4 Å². The molecule has 2 aliphatic carbocycles. The fourth-order valence-corrected chi connectivity index (χ4v) is 5.69. The van der Waals surface area contributed by atoms with Gasteiger partial charge in [0.1, 0.15) is 5.92 Å². The van der Waals surface area contributed by atoms with Gasteiger partial charge in [-0.25, -0.2) is 9.97 Å². The summed E-state index contributed by atoms with van der Waals surface area (Å²) in [6.07, 6.45) is 5.63. The van der Waals surface area contributed by atoms with Crippen molar-refractivity contribution in [2.45, 2.75) is 57.8 Å². The van der Waals surface area contributed by atoms with E-state index in [0.29, 0.717) is 29.0 Å². The highest BCUT2D eigenvalue weighted by atomic mass is 32.1. The van der Waals surface area contributed by atoms with Crippen LogP contribution in [0, 0.1) is 5.92 Å². The number of anilines is 2. The molecule has 2 aromatic rings. The SMILES string of the molecule is CCOC(=O)C1CCc2sc(NC(=O)Cc3csc(NC(=O)C4CCCC4)n3)nc21. The molecule has 2 heterocycles. The number of hydrogen-bond donors (Lipinski definition) is 2. The summed E-state index contributed by atoms with van der Waals surface area (Å²) in [4.78, 5) is 46.5. The fourth-order valence-electron chi connectivity index (χ4n) is 3.92. The summed E-state index contributed by atoms with van der Waals surface area (Å²) in [6.45, 7) is 2.12. The maximum atomic E-state index is 12.4. The third-order valence-electron chi connectivity index (χ3n) is 5.38. The molecule has 2 aromatic heterocycles. The van der Waals surface area contributed by atoms with Crippen molar-refractivity contribution >= 4 is 50.7 Å². The maximum absolute atomic E-state index is 12.4. The van der Waals surface area contributed by atoms with E-state index in [0.717, 1.165) is 42.7 Å². The highest BCUT2D eigenvalue weighted by Crippen LogP contribution is 2.39. The Morgan fingerprint density at radius 1 is 1.13 bits per heavy atom. The number of thiazole rings is 2. The molecular weight excluding hydrogens is 424 g/mol. The van der Waals surface area contributed by atoms with E-state index in [1.807, 2.05) is 0 Å². The van der Waals surface area contributed by atoms with E-state index < -0.39 is 0 Å². The lowest BCUT2D eigenvalue weighted by atomic mass is 10.1. The molecule has 1 fully saturated rings. The Kier molecular flexibility index (Phi) is 6.43. The lowest BCUT2D eigenvalue weighted by molar-refractivity contribution is -0.145. The summed E-state index contributed by atoms with van der Waals surface area (Å²) in [7, 11) is 0. The normalized spacial score (nSPS) is 18.2. The number of carbonyl (C=O) groups excluding carboxylic acids is 3. The molecule has 0 radical (unpaired) electrons. The second-order valence-electron chi connectivity index (χ2n) is 7.51. The van der Waals surface area contributed by atoms with Crippen molar-refractivity contribution in [2.24, 2.45) is 5.92 Å². The van der Waals surface area contributed by atoms with Gasteiger partial charge in [0.15, 0.2) is 10.3 Å². The van der Waals surface area contributed by atoms with Crippen LogP contribution in [0.2, 0.25) is 0 Å². The molecule has 2 aliphatic rings. The maximum Gasteiger partial charge on any atom is 0.315 e. The zero-order valence-corrected chi connectivity index (χ0v) is 18.4. The number of aromatic nitrogens is 2. The van der Waals surface area contributed by atoms with Gasteiger partial charge in [-0.05, 0) is 32.6 Å². The molecular formula is C20H24N4O4S2. The second-order valence-corrected chi connectivity index (χ2v) is 9.45. The van der Waals surface area contributed by atoms with Gasteiger partial charge in [-0.3, -0.25) is 14.4 Å². The Morgan fingerprint density at radius 2 is 1.93 bits per heavy atom. The molecule has 160 valence electrons. The Labute approximate surface area is 182 Å². The number of aryl methyl sites for hydroxylation is 1. The number of nitrogens with zero attached hydrogens (tertiary/aromatic N) is 2. The first-order chi connectivity index (χ1) is 14.5. The zero-order chi connectivity index (χ0) is 21.1. The van der Waals surface area contributed by atoms with Crippen LogP contribution < -0.4 is 10.6 Å². The predicted molar refractivity (Wildman–Crippen MR) is 115 cm³/mol. The van der Waals surface area contributed by atoms with Gasteiger partial charge in [0.2, 0.25) is 11.8 Å². The highest BCUT2D eigenvalue weighted by Gasteiger charge is 2.33. The molecule has 0 bridgehead atoms. The zero-order valence-electron chi connectivity index (χ0n) is 16.7. The number of nitrogens with one attached hydrogen (secondary N) is 2. The van der Waals surface area contributed by atoms with E-state index in [1.165, 1.54) is 22.7 Å². The van der Waals surface area contributed by atoms with Gasteiger partial charge in [-0.2, -0.15) is 0 Å². The van der Waals surface area contributed by atoms with Crippen LogP contribution in [0.25, 0.3) is 0 Å². The van der Waals surface area contributed by atoms with Gasteiger partial charge in [0.25, 0.3) is 0 Å². The molecule has 1 atom stereocenters. The standard InChI is InChI=1S/C20H24N4O4S2/c1-2-28-18(27)13-7-8-14-16(13)23-20(30-14)22-15(25)9-12-10-29-19(21-12)24-17(26)11-5-3-4-6-11/h10-11,13H,2-9H2,1H3,(H,21,24,26)(H,22,23,25). The van der Waals surface area contributed by atoms with Gasteiger partial charge in [-0.1, -0.05) is 12.8 Å². The molecule has 2 amide bonds. The minimum atomic E-state index is -0.341. The first kappa shape index (κ1) is 20.9. The van der Waals surface area contributed by atoms with Gasteiger partial charge in [0, 0.05) is 16.2 Å². The van der Waals surface area contributed by atoms with E-state index in [4.69, 9.17) is 4.74 Å². The lowest BCUT2D eigenvalue weighted by Crippen LogP contribution is -2.20. The highest BCUT2D eigenvalue weighted by molar-refractivity contribution is 7.16. The fraction of sp³-hybridized carbons (Fsp3) is 0.550. The Hall–Kier alpha value is -2.33. The van der Waals surface area contributed by atoms with Crippen LogP contribution in [0.5, 0.6) is 0 Å². The Bertz CT molecular complexity index is 949. The number of esters is 1. The average Bonchev–Trinajstić information content (AvgIpc) is 3.46. The smallest absolute Gasteiger partial charge is 0.315 e. The van der Waals surface area contributed by atoms with Crippen molar-refractivity contribution in [3.05, 3.63) is 21.6 Å². The summed E-state index contributed by atoms with van der Waals surface area (Å²) < 4.78 is 5.12. The molecule has 4 rings (SSSR count). The van der Waals surface area contributed by atoms with Gasteiger partial charge < -0.3 is 15.4 Å². The quantitative estimate of drug-likeness (QED) is 0.627. The van der Waals surface area contributed by atoms with E-state index in [1.54, 1.807) is 12.3 Å². The summed E-state index contributed by atoms with van der Waals surface area (Å²) in [6, 6.07) is 0. The van der Waals surface area contributed by atoms with Gasteiger partial charge >= 0.3 is 5.97 Å². The van der Waals surface area contributed by atoms with Gasteiger partial charge in [0.05, 0.1) is 24.4 Å². The third kappa shape index (κ3) is 4.70. The Morgan fingerprint density at radius 3 is 2.70 bits per heavy atom. The first-order valence-corrected chi connectivity index (χ1v) is 11.9. The summed E-state index contributed by atoms with van der Waals surface area (Å²) >= 11 is 2.73. The molecule has 30 heavy (non-hydrogen) atoms. The number of carbonyl (C=O) groups is 3. The van der Waals surface area contributed by atoms with Crippen molar-refractivity contribution in [2.75, 3.05) is 17.2 Å². The minimum absolute atomic E-state index is 0.0197. The summed E-state index contributed by atoms with van der Waals surface area (Å²) in [5, 5.41) is 8.46. The summed E-state index contributed by atoms with van der Waals surface area (Å²) in [5.41, 5.74) is 1.33.